The number of aromatic nitrogens is 2. The zero-order valence-electron chi connectivity index (χ0n) is 15.5. The molecule has 0 spiro atoms. The molecule has 3 rings (SSSR count). The van der Waals surface area contributed by atoms with Crippen molar-refractivity contribution in [3.63, 3.8) is 0 Å². The van der Waals surface area contributed by atoms with Gasteiger partial charge in [-0.3, -0.25) is 19.0 Å². The van der Waals surface area contributed by atoms with Crippen molar-refractivity contribution in [2.75, 3.05) is 18.2 Å². The predicted octanol–water partition coefficient (Wildman–Crippen LogP) is 2.61. The summed E-state index contributed by atoms with van der Waals surface area (Å²) >= 11 is 1.09. The second-order valence-electron chi connectivity index (χ2n) is 6.03. The Morgan fingerprint density at radius 2 is 1.86 bits per heavy atom. The van der Waals surface area contributed by atoms with Gasteiger partial charge >= 0.3 is 5.97 Å². The number of para-hydroxylation sites is 2. The molecule has 0 atom stereocenters. The zero-order chi connectivity index (χ0) is 20.1. The van der Waals surface area contributed by atoms with Crippen LogP contribution in [-0.4, -0.2) is 34.3 Å². The molecule has 0 bridgehead atoms. The number of carbonyl (C=O) groups excluding carboxylic acids is 2. The summed E-state index contributed by atoms with van der Waals surface area (Å²) in [6.45, 7) is 1.64. The molecule has 1 aromatic heterocycles. The van der Waals surface area contributed by atoms with Gasteiger partial charge in [0, 0.05) is 5.69 Å². The quantitative estimate of drug-likeness (QED) is 0.391. The second kappa shape index (κ2) is 8.71. The molecular formula is C20H19N3O4S. The number of anilines is 1. The van der Waals surface area contributed by atoms with Gasteiger partial charge in [0.15, 0.2) is 5.16 Å². The minimum absolute atomic E-state index is 0.0420. The highest BCUT2D eigenvalue weighted by Gasteiger charge is 2.16. The second-order valence-corrected chi connectivity index (χ2v) is 6.97. The van der Waals surface area contributed by atoms with Crippen LogP contribution in [0.4, 0.5) is 5.69 Å². The summed E-state index contributed by atoms with van der Waals surface area (Å²) in [7, 11) is 1.25. The average Bonchev–Trinajstić information content (AvgIpc) is 2.70. The van der Waals surface area contributed by atoms with E-state index in [0.29, 0.717) is 10.9 Å². The number of thioether (sulfide) groups is 1. The van der Waals surface area contributed by atoms with Gasteiger partial charge in [-0.05, 0) is 30.7 Å². The van der Waals surface area contributed by atoms with Gasteiger partial charge in [0.1, 0.15) is 6.54 Å². The Labute approximate surface area is 165 Å². The lowest BCUT2D eigenvalue weighted by molar-refractivity contribution is -0.141. The van der Waals surface area contributed by atoms with Crippen molar-refractivity contribution >= 4 is 40.2 Å². The molecule has 3 aromatic rings. The van der Waals surface area contributed by atoms with Crippen molar-refractivity contribution in [2.24, 2.45) is 0 Å². The number of esters is 1. The number of methoxy groups -OCH3 is 1. The summed E-state index contributed by atoms with van der Waals surface area (Å²) in [5, 5.41) is 3.53. The van der Waals surface area contributed by atoms with Gasteiger partial charge < -0.3 is 10.1 Å². The van der Waals surface area contributed by atoms with Gasteiger partial charge in [0.05, 0.1) is 23.8 Å². The van der Waals surface area contributed by atoms with E-state index in [4.69, 9.17) is 0 Å². The maximum absolute atomic E-state index is 12.8. The van der Waals surface area contributed by atoms with Crippen LogP contribution in [0.1, 0.15) is 5.56 Å². The molecule has 0 fully saturated rings. The third-order valence-corrected chi connectivity index (χ3v) is 5.07. The molecule has 2 aromatic carbocycles. The molecule has 28 heavy (non-hydrogen) atoms. The molecule has 0 aliphatic rings. The number of nitrogens with one attached hydrogen (secondary N) is 1. The van der Waals surface area contributed by atoms with Crippen LogP contribution < -0.4 is 10.9 Å². The molecule has 0 radical (unpaired) electrons. The number of aryl methyl sites for hydroxylation is 1. The lowest BCUT2D eigenvalue weighted by Gasteiger charge is -2.12. The number of ether oxygens (including phenoxy) is 1. The van der Waals surface area contributed by atoms with Crippen LogP contribution >= 0.6 is 11.8 Å². The molecule has 144 valence electrons. The molecule has 0 unspecified atom stereocenters. The van der Waals surface area contributed by atoms with Gasteiger partial charge in [-0.1, -0.05) is 42.1 Å². The molecule has 0 saturated carbocycles. The maximum atomic E-state index is 12.8. The van der Waals surface area contributed by atoms with Gasteiger partial charge in [-0.2, -0.15) is 0 Å². The highest BCUT2D eigenvalue weighted by molar-refractivity contribution is 7.99. The van der Waals surface area contributed by atoms with E-state index < -0.39 is 5.97 Å². The van der Waals surface area contributed by atoms with E-state index in [9.17, 15) is 14.4 Å². The first kappa shape index (κ1) is 19.6. The number of hydrogen-bond donors (Lipinski definition) is 1. The largest absolute Gasteiger partial charge is 0.468 e. The Hall–Kier alpha value is -3.13. The topological polar surface area (TPSA) is 90.3 Å². The van der Waals surface area contributed by atoms with Crippen molar-refractivity contribution < 1.29 is 14.3 Å². The standard InChI is InChI=1S/C20H19N3O4S/c1-13-7-3-5-9-15(13)21-17(24)12-28-20-22-16-10-6-4-8-14(16)19(26)23(20)11-18(25)27-2/h3-10H,11-12H2,1-2H3,(H,21,24). The van der Waals surface area contributed by atoms with E-state index in [1.807, 2.05) is 31.2 Å². The first-order valence-electron chi connectivity index (χ1n) is 8.54. The number of rotatable bonds is 6. The lowest BCUT2D eigenvalue weighted by Crippen LogP contribution is -2.28. The fraction of sp³-hybridized carbons (Fsp3) is 0.200. The highest BCUT2D eigenvalue weighted by atomic mass is 32.2. The normalized spacial score (nSPS) is 10.6. The lowest BCUT2D eigenvalue weighted by atomic mass is 10.2. The highest BCUT2D eigenvalue weighted by Crippen LogP contribution is 2.19. The predicted molar refractivity (Wildman–Crippen MR) is 109 cm³/mol. The molecule has 8 heteroatoms. The maximum Gasteiger partial charge on any atom is 0.325 e. The Morgan fingerprint density at radius 3 is 2.61 bits per heavy atom. The number of nitrogens with zero attached hydrogens (tertiary/aromatic N) is 2. The van der Waals surface area contributed by atoms with Crippen LogP contribution in [0.2, 0.25) is 0 Å². The van der Waals surface area contributed by atoms with Crippen LogP contribution in [0, 0.1) is 6.92 Å². The van der Waals surface area contributed by atoms with Crippen molar-refractivity contribution in [3.8, 4) is 0 Å². The van der Waals surface area contributed by atoms with E-state index in [1.54, 1.807) is 24.3 Å². The first-order chi connectivity index (χ1) is 13.5. The fourth-order valence-electron chi connectivity index (χ4n) is 2.62. The Morgan fingerprint density at radius 1 is 1.14 bits per heavy atom. The number of carbonyl (C=O) groups is 2. The van der Waals surface area contributed by atoms with Gasteiger partial charge in [0.2, 0.25) is 5.91 Å². The van der Waals surface area contributed by atoms with Crippen molar-refractivity contribution in [1.82, 2.24) is 9.55 Å². The molecule has 1 N–H and O–H groups in total. The van der Waals surface area contributed by atoms with E-state index in [0.717, 1.165) is 23.0 Å². The van der Waals surface area contributed by atoms with Gasteiger partial charge in [-0.25, -0.2) is 4.98 Å². The molecule has 0 aliphatic carbocycles. The number of hydrogen-bond acceptors (Lipinski definition) is 6. The van der Waals surface area contributed by atoms with Crippen molar-refractivity contribution in [1.29, 1.82) is 0 Å². The minimum atomic E-state index is -0.564. The summed E-state index contributed by atoms with van der Waals surface area (Å²) in [6, 6.07) is 14.3. The molecule has 1 heterocycles. The average molecular weight is 397 g/mol. The number of benzene rings is 2. The van der Waals surface area contributed by atoms with E-state index in [2.05, 4.69) is 15.0 Å². The smallest absolute Gasteiger partial charge is 0.325 e. The van der Waals surface area contributed by atoms with E-state index >= 15 is 0 Å². The molecule has 7 nitrogen and oxygen atoms in total. The van der Waals surface area contributed by atoms with Crippen LogP contribution in [-0.2, 0) is 20.9 Å². The Kier molecular flexibility index (Phi) is 6.10. The Bertz CT molecular complexity index is 1090. The zero-order valence-corrected chi connectivity index (χ0v) is 16.3. The third kappa shape index (κ3) is 4.40. The number of fused-ring (bicyclic) bond motifs is 1. The first-order valence-corrected chi connectivity index (χ1v) is 9.53. The summed E-state index contributed by atoms with van der Waals surface area (Å²) in [5.74, 6) is -0.753. The van der Waals surface area contributed by atoms with Gasteiger partial charge in [-0.15, -0.1) is 0 Å². The fourth-order valence-corrected chi connectivity index (χ4v) is 3.42. The molecule has 0 saturated heterocycles. The van der Waals surface area contributed by atoms with Crippen LogP contribution in [0.25, 0.3) is 10.9 Å². The molecule has 1 amide bonds. The summed E-state index contributed by atoms with van der Waals surface area (Å²) in [4.78, 5) is 41.3. The van der Waals surface area contributed by atoms with Crippen LogP contribution in [0.3, 0.4) is 0 Å². The summed E-state index contributed by atoms with van der Waals surface area (Å²) in [6.07, 6.45) is 0. The van der Waals surface area contributed by atoms with Crippen molar-refractivity contribution in [3.05, 3.63) is 64.4 Å². The van der Waals surface area contributed by atoms with E-state index in [-0.39, 0.29) is 28.9 Å². The van der Waals surface area contributed by atoms with Crippen LogP contribution in [0.15, 0.2) is 58.5 Å². The monoisotopic (exact) mass is 397 g/mol. The SMILES string of the molecule is COC(=O)Cn1c(SCC(=O)Nc2ccccc2C)nc2ccccc2c1=O. The minimum Gasteiger partial charge on any atom is -0.468 e. The molecular weight excluding hydrogens is 378 g/mol. The molecule has 0 aliphatic heterocycles. The van der Waals surface area contributed by atoms with E-state index in [1.165, 1.54) is 11.7 Å². The van der Waals surface area contributed by atoms with Crippen LogP contribution in [0.5, 0.6) is 0 Å². The third-order valence-electron chi connectivity index (χ3n) is 4.09. The number of amides is 1. The summed E-state index contributed by atoms with van der Waals surface area (Å²) in [5.41, 5.74) is 1.84. The Balaban J connectivity index is 1.85. The van der Waals surface area contributed by atoms with Crippen molar-refractivity contribution in [2.45, 2.75) is 18.6 Å². The summed E-state index contributed by atoms with van der Waals surface area (Å²) < 4.78 is 5.91. The van der Waals surface area contributed by atoms with Gasteiger partial charge in [0.25, 0.3) is 5.56 Å².